The van der Waals surface area contributed by atoms with E-state index in [0.717, 1.165) is 16.5 Å². The Labute approximate surface area is 108 Å². The van der Waals surface area contributed by atoms with Gasteiger partial charge in [0.1, 0.15) is 5.69 Å². The maximum absolute atomic E-state index is 4.45. The molecule has 6 heteroatoms. The van der Waals surface area contributed by atoms with Gasteiger partial charge in [-0.15, -0.1) is 11.3 Å². The van der Waals surface area contributed by atoms with Gasteiger partial charge in [-0.2, -0.15) is 0 Å². The third-order valence-electron chi connectivity index (χ3n) is 2.23. The zero-order chi connectivity index (χ0) is 12.2. The van der Waals surface area contributed by atoms with Gasteiger partial charge in [0.05, 0.1) is 18.1 Å². The highest BCUT2D eigenvalue weighted by atomic mass is 32.1. The Morgan fingerprint density at radius 1 is 1.00 bits per heavy atom. The van der Waals surface area contributed by atoms with Gasteiger partial charge in [-0.05, 0) is 12.1 Å². The van der Waals surface area contributed by atoms with Gasteiger partial charge in [0, 0.05) is 17.8 Å². The zero-order valence-electron chi connectivity index (χ0n) is 9.32. The van der Waals surface area contributed by atoms with Gasteiger partial charge in [0.25, 0.3) is 0 Å². The second-order valence-electron chi connectivity index (χ2n) is 3.47. The second-order valence-corrected chi connectivity index (χ2v) is 4.36. The second kappa shape index (κ2) is 4.89. The Hall–Kier alpha value is -2.34. The summed E-state index contributed by atoms with van der Waals surface area (Å²) in [6, 6.07) is 5.69. The molecule has 0 aliphatic heterocycles. The summed E-state index contributed by atoms with van der Waals surface area (Å²) in [6.07, 6.45) is 6.82. The number of hydrogen-bond acceptors (Lipinski definition) is 6. The Balaban J connectivity index is 1.90. The molecule has 0 bridgehead atoms. The maximum Gasteiger partial charge on any atom is 0.188 e. The molecule has 5 nitrogen and oxygen atoms in total. The minimum absolute atomic E-state index is 0.660. The monoisotopic (exact) mass is 255 g/mol. The maximum atomic E-state index is 4.45. The summed E-state index contributed by atoms with van der Waals surface area (Å²) in [5.74, 6) is 0.660. The van der Waals surface area contributed by atoms with Gasteiger partial charge >= 0.3 is 0 Å². The van der Waals surface area contributed by atoms with E-state index in [-0.39, 0.29) is 0 Å². The summed E-state index contributed by atoms with van der Waals surface area (Å²) in [4.78, 5) is 17.0. The van der Waals surface area contributed by atoms with Crippen LogP contribution in [0.2, 0.25) is 0 Å². The normalized spacial score (nSPS) is 10.2. The molecule has 18 heavy (non-hydrogen) atoms. The first kappa shape index (κ1) is 10.8. The fourth-order valence-corrected chi connectivity index (χ4v) is 1.99. The van der Waals surface area contributed by atoms with Gasteiger partial charge in [-0.3, -0.25) is 9.97 Å². The van der Waals surface area contributed by atoms with Crippen molar-refractivity contribution in [3.63, 3.8) is 0 Å². The van der Waals surface area contributed by atoms with E-state index in [2.05, 4.69) is 25.3 Å². The average Bonchev–Trinajstić information content (AvgIpc) is 2.93. The van der Waals surface area contributed by atoms with Crippen LogP contribution in [0.4, 0.5) is 10.9 Å². The minimum atomic E-state index is 0.660. The lowest BCUT2D eigenvalue weighted by Gasteiger charge is -2.03. The van der Waals surface area contributed by atoms with Crippen molar-refractivity contribution in [2.24, 2.45) is 0 Å². The predicted molar refractivity (Wildman–Crippen MR) is 70.7 cm³/mol. The Morgan fingerprint density at radius 2 is 2.00 bits per heavy atom. The molecule has 3 rings (SSSR count). The highest BCUT2D eigenvalue weighted by Crippen LogP contribution is 2.19. The molecule has 0 aromatic carbocycles. The van der Waals surface area contributed by atoms with E-state index >= 15 is 0 Å². The van der Waals surface area contributed by atoms with Crippen molar-refractivity contribution in [1.29, 1.82) is 0 Å². The number of hydrogen-bond donors (Lipinski definition) is 1. The fraction of sp³-hybridized carbons (Fsp3) is 0. The first-order valence-electron chi connectivity index (χ1n) is 5.32. The number of aromatic nitrogens is 4. The fourth-order valence-electron chi connectivity index (χ4n) is 1.46. The highest BCUT2D eigenvalue weighted by Gasteiger charge is 2.03. The molecule has 0 unspecified atom stereocenters. The minimum Gasteiger partial charge on any atom is -0.315 e. The third-order valence-corrected chi connectivity index (χ3v) is 2.92. The van der Waals surface area contributed by atoms with E-state index in [1.807, 2.05) is 23.6 Å². The van der Waals surface area contributed by atoms with Crippen molar-refractivity contribution < 1.29 is 0 Å². The van der Waals surface area contributed by atoms with E-state index in [4.69, 9.17) is 0 Å². The molecule has 0 fully saturated rings. The molecule has 0 aliphatic rings. The third kappa shape index (κ3) is 2.33. The van der Waals surface area contributed by atoms with Crippen LogP contribution in [-0.4, -0.2) is 19.9 Å². The molecular formula is C12H9N5S. The Morgan fingerprint density at radius 3 is 2.78 bits per heavy atom. The summed E-state index contributed by atoms with van der Waals surface area (Å²) in [5, 5.41) is 5.80. The van der Waals surface area contributed by atoms with Crippen molar-refractivity contribution in [3.05, 3.63) is 48.4 Å². The Kier molecular flexibility index (Phi) is 2.93. The summed E-state index contributed by atoms with van der Waals surface area (Å²) < 4.78 is 0. The van der Waals surface area contributed by atoms with Crippen LogP contribution < -0.4 is 5.32 Å². The lowest BCUT2D eigenvalue weighted by Crippen LogP contribution is -1.96. The molecule has 88 valence electrons. The van der Waals surface area contributed by atoms with Crippen molar-refractivity contribution in [1.82, 2.24) is 19.9 Å². The number of rotatable bonds is 3. The average molecular weight is 255 g/mol. The summed E-state index contributed by atoms with van der Waals surface area (Å²) in [6.45, 7) is 0. The molecular weight excluding hydrogens is 246 g/mol. The lowest BCUT2D eigenvalue weighted by molar-refractivity contribution is 1.17. The molecule has 0 aliphatic carbocycles. The van der Waals surface area contributed by atoms with Crippen LogP contribution >= 0.6 is 11.3 Å². The van der Waals surface area contributed by atoms with Crippen LogP contribution in [0, 0.1) is 0 Å². The smallest absolute Gasteiger partial charge is 0.188 e. The first-order valence-corrected chi connectivity index (χ1v) is 6.20. The van der Waals surface area contributed by atoms with Gasteiger partial charge in [-0.25, -0.2) is 9.97 Å². The van der Waals surface area contributed by atoms with Crippen molar-refractivity contribution in [3.8, 4) is 11.4 Å². The van der Waals surface area contributed by atoms with E-state index < -0.39 is 0 Å². The van der Waals surface area contributed by atoms with Crippen LogP contribution in [0.25, 0.3) is 11.4 Å². The van der Waals surface area contributed by atoms with E-state index in [1.165, 1.54) is 11.3 Å². The number of anilines is 2. The van der Waals surface area contributed by atoms with E-state index in [0.29, 0.717) is 5.82 Å². The number of nitrogens with zero attached hydrogens (tertiary/aromatic N) is 4. The van der Waals surface area contributed by atoms with Crippen molar-refractivity contribution in [2.45, 2.75) is 0 Å². The van der Waals surface area contributed by atoms with Crippen molar-refractivity contribution in [2.75, 3.05) is 5.32 Å². The molecule has 3 heterocycles. The largest absolute Gasteiger partial charge is 0.315 e. The SMILES string of the molecule is c1ccc(-c2cncc(Nc3nccs3)n2)nc1. The van der Waals surface area contributed by atoms with Crippen LogP contribution in [0.5, 0.6) is 0 Å². The first-order chi connectivity index (χ1) is 8.92. The van der Waals surface area contributed by atoms with Crippen LogP contribution in [0.15, 0.2) is 48.4 Å². The molecule has 0 amide bonds. The highest BCUT2D eigenvalue weighted by molar-refractivity contribution is 7.13. The zero-order valence-corrected chi connectivity index (χ0v) is 10.1. The molecule has 0 atom stereocenters. The number of pyridine rings is 1. The van der Waals surface area contributed by atoms with Crippen LogP contribution in [0.3, 0.4) is 0 Å². The van der Waals surface area contributed by atoms with E-state index in [1.54, 1.807) is 24.8 Å². The van der Waals surface area contributed by atoms with Gasteiger partial charge in [0.15, 0.2) is 10.9 Å². The van der Waals surface area contributed by atoms with E-state index in [9.17, 15) is 0 Å². The molecule has 0 saturated carbocycles. The predicted octanol–water partition coefficient (Wildman–Crippen LogP) is 2.74. The summed E-state index contributed by atoms with van der Waals surface area (Å²) >= 11 is 1.51. The molecule has 1 N–H and O–H groups in total. The van der Waals surface area contributed by atoms with Gasteiger partial charge < -0.3 is 5.32 Å². The molecule has 0 spiro atoms. The standard InChI is InChI=1S/C12H9N5S/c1-2-4-14-9(3-1)10-7-13-8-11(16-10)17-12-15-5-6-18-12/h1-8H,(H,15,16,17). The Bertz CT molecular complexity index is 624. The topological polar surface area (TPSA) is 63.6 Å². The quantitative estimate of drug-likeness (QED) is 0.779. The molecule has 0 saturated heterocycles. The molecule has 0 radical (unpaired) electrons. The van der Waals surface area contributed by atoms with Gasteiger partial charge in [-0.1, -0.05) is 6.07 Å². The van der Waals surface area contributed by atoms with Crippen LogP contribution in [-0.2, 0) is 0 Å². The molecule has 3 aromatic heterocycles. The number of nitrogens with one attached hydrogen (secondary N) is 1. The van der Waals surface area contributed by atoms with Gasteiger partial charge in [0.2, 0.25) is 0 Å². The lowest BCUT2D eigenvalue weighted by atomic mass is 10.3. The number of thiazole rings is 1. The van der Waals surface area contributed by atoms with Crippen LogP contribution in [0.1, 0.15) is 0 Å². The molecule has 3 aromatic rings. The summed E-state index contributed by atoms with van der Waals surface area (Å²) in [5.41, 5.74) is 1.53. The van der Waals surface area contributed by atoms with Crippen molar-refractivity contribution >= 4 is 22.3 Å². The summed E-state index contributed by atoms with van der Waals surface area (Å²) in [7, 11) is 0.